The van der Waals surface area contributed by atoms with Crippen molar-refractivity contribution in [1.29, 1.82) is 0 Å². The molecule has 0 saturated heterocycles. The summed E-state index contributed by atoms with van der Waals surface area (Å²) in [6, 6.07) is 1.62. The number of hydrogen-bond acceptors (Lipinski definition) is 3. The zero-order valence-corrected chi connectivity index (χ0v) is 11.9. The number of amides is 1. The minimum Gasteiger partial charge on any atom is -0.356 e. The van der Waals surface area contributed by atoms with Crippen LogP contribution in [0.3, 0.4) is 0 Å². The number of rotatable bonds is 5. The molecule has 0 aliphatic rings. The monoisotopic (exact) mass is 323 g/mol. The predicted octanol–water partition coefficient (Wildman–Crippen LogP) is 0.398. The van der Waals surface area contributed by atoms with Crippen LogP contribution < -0.4 is 5.32 Å². The SMILES string of the molecule is CN(C)S(=O)(=O)CCNC(=O)c1cc(Br)c[nH]1. The molecule has 96 valence electrons. The van der Waals surface area contributed by atoms with Gasteiger partial charge in [0.15, 0.2) is 0 Å². The van der Waals surface area contributed by atoms with Crippen LogP contribution in [0, 0.1) is 0 Å². The Hall–Kier alpha value is -0.860. The molecular formula is C9H14BrN3O3S. The molecule has 1 aromatic heterocycles. The predicted molar refractivity (Wildman–Crippen MR) is 68.3 cm³/mol. The molecule has 0 fully saturated rings. The summed E-state index contributed by atoms with van der Waals surface area (Å²) >= 11 is 3.21. The second-order valence-electron chi connectivity index (χ2n) is 3.59. The highest BCUT2D eigenvalue weighted by molar-refractivity contribution is 9.10. The number of sulfonamides is 1. The van der Waals surface area contributed by atoms with Gasteiger partial charge in [-0.05, 0) is 22.0 Å². The van der Waals surface area contributed by atoms with E-state index < -0.39 is 10.0 Å². The van der Waals surface area contributed by atoms with Crippen molar-refractivity contribution in [2.75, 3.05) is 26.4 Å². The van der Waals surface area contributed by atoms with E-state index >= 15 is 0 Å². The molecule has 1 amide bonds. The van der Waals surface area contributed by atoms with E-state index in [0.29, 0.717) is 5.69 Å². The van der Waals surface area contributed by atoms with Crippen LogP contribution in [-0.4, -0.2) is 50.0 Å². The van der Waals surface area contributed by atoms with Crippen molar-refractivity contribution in [3.05, 3.63) is 22.4 Å². The smallest absolute Gasteiger partial charge is 0.267 e. The molecule has 17 heavy (non-hydrogen) atoms. The van der Waals surface area contributed by atoms with Crippen LogP contribution in [0.5, 0.6) is 0 Å². The maximum Gasteiger partial charge on any atom is 0.267 e. The van der Waals surface area contributed by atoms with Crippen LogP contribution in [0.25, 0.3) is 0 Å². The molecule has 1 rings (SSSR count). The number of aromatic amines is 1. The molecule has 8 heteroatoms. The third kappa shape index (κ3) is 4.14. The highest BCUT2D eigenvalue weighted by atomic mass is 79.9. The zero-order chi connectivity index (χ0) is 13.1. The first kappa shape index (κ1) is 14.2. The van der Waals surface area contributed by atoms with Gasteiger partial charge in [-0.2, -0.15) is 0 Å². The molecule has 0 bridgehead atoms. The first-order chi connectivity index (χ1) is 7.83. The molecule has 0 saturated carbocycles. The molecule has 2 N–H and O–H groups in total. The zero-order valence-electron chi connectivity index (χ0n) is 9.53. The average Bonchev–Trinajstić information content (AvgIpc) is 2.64. The van der Waals surface area contributed by atoms with Gasteiger partial charge in [0.05, 0.1) is 5.75 Å². The Balaban J connectivity index is 2.45. The van der Waals surface area contributed by atoms with Gasteiger partial charge in [0.2, 0.25) is 10.0 Å². The van der Waals surface area contributed by atoms with Crippen molar-refractivity contribution in [1.82, 2.24) is 14.6 Å². The molecule has 0 radical (unpaired) electrons. The summed E-state index contributed by atoms with van der Waals surface area (Å²) in [6.45, 7) is 0.0794. The summed E-state index contributed by atoms with van der Waals surface area (Å²) in [7, 11) is -0.357. The summed E-state index contributed by atoms with van der Waals surface area (Å²) in [5, 5.41) is 2.53. The number of nitrogens with one attached hydrogen (secondary N) is 2. The summed E-state index contributed by atoms with van der Waals surface area (Å²) in [5.41, 5.74) is 0.388. The fraction of sp³-hybridized carbons (Fsp3) is 0.444. The van der Waals surface area contributed by atoms with Gasteiger partial charge >= 0.3 is 0 Å². The van der Waals surface area contributed by atoms with Gasteiger partial charge in [0.25, 0.3) is 5.91 Å². The molecule has 0 aliphatic carbocycles. The van der Waals surface area contributed by atoms with Crippen LogP contribution in [0.1, 0.15) is 10.5 Å². The Morgan fingerprint density at radius 1 is 1.53 bits per heavy atom. The van der Waals surface area contributed by atoms with E-state index in [1.165, 1.54) is 14.1 Å². The Labute approximate surface area is 109 Å². The average molecular weight is 324 g/mol. The van der Waals surface area contributed by atoms with Crippen molar-refractivity contribution < 1.29 is 13.2 Å². The van der Waals surface area contributed by atoms with Crippen LogP contribution in [0.4, 0.5) is 0 Å². The van der Waals surface area contributed by atoms with Crippen LogP contribution in [0.15, 0.2) is 16.7 Å². The quantitative estimate of drug-likeness (QED) is 0.822. The minimum atomic E-state index is -3.27. The minimum absolute atomic E-state index is 0.0794. The summed E-state index contributed by atoms with van der Waals surface area (Å²) < 4.78 is 24.7. The molecule has 0 aromatic carbocycles. The van der Waals surface area contributed by atoms with E-state index in [1.807, 2.05) is 0 Å². The van der Waals surface area contributed by atoms with E-state index in [1.54, 1.807) is 12.3 Å². The van der Waals surface area contributed by atoms with Crippen LogP contribution in [-0.2, 0) is 10.0 Å². The fourth-order valence-corrected chi connectivity index (χ4v) is 2.14. The molecule has 1 aromatic rings. The second-order valence-corrected chi connectivity index (χ2v) is 6.80. The fourth-order valence-electron chi connectivity index (χ4n) is 1.07. The Morgan fingerprint density at radius 2 is 2.18 bits per heavy atom. The molecule has 0 spiro atoms. The van der Waals surface area contributed by atoms with E-state index in [9.17, 15) is 13.2 Å². The highest BCUT2D eigenvalue weighted by Gasteiger charge is 2.14. The lowest BCUT2D eigenvalue weighted by Gasteiger charge is -2.11. The van der Waals surface area contributed by atoms with Crippen LogP contribution in [0.2, 0.25) is 0 Å². The molecule has 1 heterocycles. The number of carbonyl (C=O) groups excluding carboxylic acids is 1. The van der Waals surface area contributed by atoms with Gasteiger partial charge in [-0.15, -0.1) is 0 Å². The largest absolute Gasteiger partial charge is 0.356 e. The Kier molecular flexibility index (Phi) is 4.72. The Morgan fingerprint density at radius 3 is 2.65 bits per heavy atom. The number of H-pyrrole nitrogens is 1. The number of halogens is 1. The lowest BCUT2D eigenvalue weighted by atomic mass is 10.4. The van der Waals surface area contributed by atoms with Gasteiger partial charge in [0.1, 0.15) is 5.69 Å². The van der Waals surface area contributed by atoms with E-state index in [4.69, 9.17) is 0 Å². The number of nitrogens with zero attached hydrogens (tertiary/aromatic N) is 1. The van der Waals surface area contributed by atoms with Gasteiger partial charge in [0, 0.05) is 31.3 Å². The van der Waals surface area contributed by atoms with Crippen molar-refractivity contribution in [3.8, 4) is 0 Å². The topological polar surface area (TPSA) is 82.3 Å². The van der Waals surface area contributed by atoms with Crippen molar-refractivity contribution in [2.24, 2.45) is 0 Å². The maximum absolute atomic E-state index is 11.5. The van der Waals surface area contributed by atoms with Crippen molar-refractivity contribution in [3.63, 3.8) is 0 Å². The molecule has 0 atom stereocenters. The normalized spacial score (nSPS) is 11.8. The third-order valence-corrected chi connectivity index (χ3v) is 4.38. The third-order valence-electron chi connectivity index (χ3n) is 2.09. The molecule has 0 unspecified atom stereocenters. The molecule has 6 nitrogen and oxygen atoms in total. The second kappa shape index (κ2) is 5.65. The summed E-state index contributed by atoms with van der Waals surface area (Å²) in [5.74, 6) is -0.446. The highest BCUT2D eigenvalue weighted by Crippen LogP contribution is 2.10. The number of aromatic nitrogens is 1. The van der Waals surface area contributed by atoms with Gasteiger partial charge in [-0.25, -0.2) is 12.7 Å². The summed E-state index contributed by atoms with van der Waals surface area (Å²) in [6.07, 6.45) is 1.63. The number of carbonyl (C=O) groups is 1. The standard InChI is InChI=1S/C9H14BrN3O3S/c1-13(2)17(15,16)4-3-11-9(14)8-5-7(10)6-12-8/h5-6,12H,3-4H2,1-2H3,(H,11,14). The van der Waals surface area contributed by atoms with E-state index in [-0.39, 0.29) is 18.2 Å². The number of hydrogen-bond donors (Lipinski definition) is 2. The van der Waals surface area contributed by atoms with E-state index in [0.717, 1.165) is 8.78 Å². The lowest BCUT2D eigenvalue weighted by Crippen LogP contribution is -2.34. The van der Waals surface area contributed by atoms with Crippen LogP contribution >= 0.6 is 15.9 Å². The van der Waals surface area contributed by atoms with Crippen molar-refractivity contribution >= 4 is 31.9 Å². The van der Waals surface area contributed by atoms with Gasteiger partial charge in [-0.3, -0.25) is 4.79 Å². The van der Waals surface area contributed by atoms with Gasteiger partial charge < -0.3 is 10.3 Å². The Bertz CT molecular complexity index is 495. The van der Waals surface area contributed by atoms with Gasteiger partial charge in [-0.1, -0.05) is 0 Å². The maximum atomic E-state index is 11.5. The molecule has 0 aliphatic heterocycles. The van der Waals surface area contributed by atoms with Crippen molar-refractivity contribution in [2.45, 2.75) is 0 Å². The van der Waals surface area contributed by atoms with E-state index in [2.05, 4.69) is 26.2 Å². The first-order valence-corrected chi connectivity index (χ1v) is 7.25. The first-order valence-electron chi connectivity index (χ1n) is 4.85. The molecular weight excluding hydrogens is 310 g/mol. The lowest BCUT2D eigenvalue weighted by molar-refractivity contribution is 0.0951. The summed E-state index contributed by atoms with van der Waals surface area (Å²) in [4.78, 5) is 14.3.